The normalized spacial score (nSPS) is 13.4. The number of anilines is 2. The minimum absolute atomic E-state index is 0.00891. The maximum Gasteiger partial charge on any atom is 0.328 e. The van der Waals surface area contributed by atoms with Crippen LogP contribution in [0.3, 0.4) is 0 Å². The fraction of sp³-hybridized carbons (Fsp3) is 0.222. The second kappa shape index (κ2) is 10.2. The summed E-state index contributed by atoms with van der Waals surface area (Å²) in [5, 5.41) is 4.98. The van der Waals surface area contributed by atoms with Crippen LogP contribution in [-0.2, 0) is 16.1 Å². The standard InChI is InChI=1S/C27H25F2N3O4/c1-15(2)24(26(34)36-3)32-14-18-5-4-17(10-23(18)25(32)33)16-6-8-21(9-7-16)30-27(35)31-22-12-19(28)11-20(29)13-22/h4-13,15,24H,14H2,1-3H3,(H2,30,31,35). The highest BCUT2D eigenvalue weighted by Crippen LogP contribution is 2.32. The largest absolute Gasteiger partial charge is 0.467 e. The van der Waals surface area contributed by atoms with Crippen molar-refractivity contribution in [3.63, 3.8) is 0 Å². The number of urea groups is 1. The number of methoxy groups -OCH3 is 1. The Labute approximate surface area is 207 Å². The lowest BCUT2D eigenvalue weighted by molar-refractivity contribution is -0.147. The van der Waals surface area contributed by atoms with E-state index < -0.39 is 29.7 Å². The zero-order valence-electron chi connectivity index (χ0n) is 20.0. The molecule has 1 aliphatic rings. The van der Waals surface area contributed by atoms with Gasteiger partial charge in [0.1, 0.15) is 17.7 Å². The summed E-state index contributed by atoms with van der Waals surface area (Å²) in [6.07, 6.45) is 0. The number of hydrogen-bond acceptors (Lipinski definition) is 4. The summed E-state index contributed by atoms with van der Waals surface area (Å²) < 4.78 is 31.5. The third-order valence-electron chi connectivity index (χ3n) is 5.95. The van der Waals surface area contributed by atoms with E-state index in [1.807, 2.05) is 26.0 Å². The summed E-state index contributed by atoms with van der Waals surface area (Å²) >= 11 is 0. The molecule has 7 nitrogen and oxygen atoms in total. The third-order valence-corrected chi connectivity index (χ3v) is 5.95. The molecule has 3 amide bonds. The van der Waals surface area contributed by atoms with Gasteiger partial charge >= 0.3 is 12.0 Å². The maximum atomic E-state index is 13.3. The van der Waals surface area contributed by atoms with Gasteiger partial charge in [-0.25, -0.2) is 18.4 Å². The molecule has 0 saturated carbocycles. The lowest BCUT2D eigenvalue weighted by atomic mass is 10.00. The second-order valence-electron chi connectivity index (χ2n) is 8.83. The molecule has 9 heteroatoms. The number of rotatable bonds is 6. The first kappa shape index (κ1) is 24.8. The number of benzene rings is 3. The van der Waals surface area contributed by atoms with Gasteiger partial charge in [-0.1, -0.05) is 38.1 Å². The van der Waals surface area contributed by atoms with Gasteiger partial charge in [-0.15, -0.1) is 0 Å². The van der Waals surface area contributed by atoms with Crippen LogP contribution in [0.4, 0.5) is 25.0 Å². The molecule has 1 heterocycles. The van der Waals surface area contributed by atoms with Gasteiger partial charge in [-0.2, -0.15) is 0 Å². The Hall–Kier alpha value is -4.27. The number of esters is 1. The number of amides is 3. The van der Waals surface area contributed by atoms with Crippen LogP contribution >= 0.6 is 0 Å². The van der Waals surface area contributed by atoms with Crippen molar-refractivity contribution < 1.29 is 27.9 Å². The van der Waals surface area contributed by atoms with E-state index in [1.165, 1.54) is 7.11 Å². The van der Waals surface area contributed by atoms with Gasteiger partial charge in [0.05, 0.1) is 7.11 Å². The van der Waals surface area contributed by atoms with Crippen molar-refractivity contribution >= 4 is 29.3 Å². The highest BCUT2D eigenvalue weighted by atomic mass is 19.1. The summed E-state index contributed by atoms with van der Waals surface area (Å²) in [6.45, 7) is 4.07. The first-order chi connectivity index (χ1) is 17.2. The Bertz CT molecular complexity index is 1300. The van der Waals surface area contributed by atoms with Crippen molar-refractivity contribution in [2.45, 2.75) is 26.4 Å². The molecule has 0 spiro atoms. The van der Waals surface area contributed by atoms with Gasteiger partial charge in [0.15, 0.2) is 0 Å². The molecule has 1 atom stereocenters. The first-order valence-corrected chi connectivity index (χ1v) is 11.3. The van der Waals surface area contributed by atoms with Crippen molar-refractivity contribution in [1.29, 1.82) is 0 Å². The first-order valence-electron chi connectivity index (χ1n) is 11.3. The molecular formula is C27H25F2N3O4. The van der Waals surface area contributed by atoms with Crippen LogP contribution in [0.15, 0.2) is 60.7 Å². The van der Waals surface area contributed by atoms with Crippen LogP contribution in [0, 0.1) is 17.6 Å². The average Bonchev–Trinajstić information content (AvgIpc) is 3.14. The molecule has 4 rings (SSSR count). The highest BCUT2D eigenvalue weighted by Gasteiger charge is 2.38. The summed E-state index contributed by atoms with van der Waals surface area (Å²) in [5.41, 5.74) is 3.44. The van der Waals surface area contributed by atoms with E-state index in [4.69, 9.17) is 4.74 Å². The fourth-order valence-electron chi connectivity index (χ4n) is 4.27. The molecule has 186 valence electrons. The molecule has 0 aromatic heterocycles. The van der Waals surface area contributed by atoms with Gasteiger partial charge in [0.2, 0.25) is 0 Å². The molecule has 1 unspecified atom stereocenters. The molecular weight excluding hydrogens is 468 g/mol. The highest BCUT2D eigenvalue weighted by molar-refractivity contribution is 6.02. The Morgan fingerprint density at radius 1 is 0.889 bits per heavy atom. The molecule has 1 aliphatic heterocycles. The fourth-order valence-corrected chi connectivity index (χ4v) is 4.27. The summed E-state index contributed by atoms with van der Waals surface area (Å²) in [4.78, 5) is 39.1. The molecule has 0 fully saturated rings. The van der Waals surface area contributed by atoms with E-state index in [1.54, 1.807) is 35.2 Å². The molecule has 3 aromatic carbocycles. The summed E-state index contributed by atoms with van der Waals surface area (Å²) in [5.74, 6) is -2.36. The molecule has 3 aromatic rings. The SMILES string of the molecule is COC(=O)C(C(C)C)N1Cc2ccc(-c3ccc(NC(=O)Nc4cc(F)cc(F)c4)cc3)cc2C1=O. The minimum Gasteiger partial charge on any atom is -0.467 e. The minimum atomic E-state index is -0.796. The van der Waals surface area contributed by atoms with Crippen molar-refractivity contribution in [2.24, 2.45) is 5.92 Å². The van der Waals surface area contributed by atoms with Crippen LogP contribution in [0.5, 0.6) is 0 Å². The van der Waals surface area contributed by atoms with E-state index in [9.17, 15) is 23.2 Å². The number of carbonyl (C=O) groups excluding carboxylic acids is 3. The van der Waals surface area contributed by atoms with Crippen molar-refractivity contribution in [3.8, 4) is 11.1 Å². The van der Waals surface area contributed by atoms with Crippen LogP contribution in [0.25, 0.3) is 11.1 Å². The summed E-state index contributed by atoms with van der Waals surface area (Å²) in [6, 6.07) is 13.9. The third kappa shape index (κ3) is 5.19. The van der Waals surface area contributed by atoms with Gasteiger partial charge in [-0.3, -0.25) is 4.79 Å². The number of fused-ring (bicyclic) bond motifs is 1. The Morgan fingerprint density at radius 3 is 2.11 bits per heavy atom. The monoisotopic (exact) mass is 493 g/mol. The zero-order chi connectivity index (χ0) is 26.0. The van der Waals surface area contributed by atoms with Crippen LogP contribution < -0.4 is 10.6 Å². The van der Waals surface area contributed by atoms with Crippen LogP contribution in [0.1, 0.15) is 29.8 Å². The van der Waals surface area contributed by atoms with Crippen LogP contribution in [0.2, 0.25) is 0 Å². The predicted molar refractivity (Wildman–Crippen MR) is 131 cm³/mol. The van der Waals surface area contributed by atoms with Gasteiger partial charge < -0.3 is 20.3 Å². The van der Waals surface area contributed by atoms with Crippen molar-refractivity contribution in [3.05, 3.63) is 83.4 Å². The zero-order valence-corrected chi connectivity index (χ0v) is 20.0. The van der Waals surface area contributed by atoms with Gasteiger partial charge in [0, 0.05) is 29.5 Å². The number of ether oxygens (including phenoxy) is 1. The van der Waals surface area contributed by atoms with E-state index in [0.29, 0.717) is 23.9 Å². The Kier molecular flexibility index (Phi) is 7.00. The second-order valence-corrected chi connectivity index (χ2v) is 8.83. The molecule has 0 radical (unpaired) electrons. The lowest BCUT2D eigenvalue weighted by Gasteiger charge is -2.28. The molecule has 2 N–H and O–H groups in total. The van der Waals surface area contributed by atoms with Gasteiger partial charge in [-0.05, 0) is 52.9 Å². The smallest absolute Gasteiger partial charge is 0.328 e. The molecule has 0 aliphatic carbocycles. The number of carbonyl (C=O) groups is 3. The Balaban J connectivity index is 1.47. The van der Waals surface area contributed by atoms with E-state index in [0.717, 1.165) is 28.8 Å². The Morgan fingerprint density at radius 2 is 1.50 bits per heavy atom. The number of hydrogen-bond donors (Lipinski definition) is 2. The van der Waals surface area contributed by atoms with E-state index in [2.05, 4.69) is 10.6 Å². The quantitative estimate of drug-likeness (QED) is 0.449. The molecule has 0 bridgehead atoms. The number of halogens is 2. The summed E-state index contributed by atoms with van der Waals surface area (Å²) in [7, 11) is 1.31. The molecule has 0 saturated heterocycles. The predicted octanol–water partition coefficient (Wildman–Crippen LogP) is 5.43. The van der Waals surface area contributed by atoms with Crippen LogP contribution in [-0.4, -0.2) is 36.0 Å². The van der Waals surface area contributed by atoms with E-state index in [-0.39, 0.29) is 17.5 Å². The van der Waals surface area contributed by atoms with Gasteiger partial charge in [0.25, 0.3) is 5.91 Å². The van der Waals surface area contributed by atoms with Crippen molar-refractivity contribution in [2.75, 3.05) is 17.7 Å². The maximum absolute atomic E-state index is 13.3. The molecule has 36 heavy (non-hydrogen) atoms. The van der Waals surface area contributed by atoms with Crippen molar-refractivity contribution in [1.82, 2.24) is 4.90 Å². The lowest BCUT2D eigenvalue weighted by Crippen LogP contribution is -2.45. The average molecular weight is 494 g/mol. The topological polar surface area (TPSA) is 87.7 Å². The number of nitrogens with zero attached hydrogens (tertiary/aromatic N) is 1. The number of nitrogens with one attached hydrogen (secondary N) is 2. The van der Waals surface area contributed by atoms with E-state index >= 15 is 0 Å².